The van der Waals surface area contributed by atoms with Gasteiger partial charge in [0.1, 0.15) is 0 Å². The molecule has 0 saturated heterocycles. The van der Waals surface area contributed by atoms with Gasteiger partial charge in [0, 0.05) is 36.5 Å². The molecule has 0 spiro atoms. The number of halogens is 1. The molecule has 118 valence electrons. The van der Waals surface area contributed by atoms with E-state index >= 15 is 0 Å². The van der Waals surface area contributed by atoms with Gasteiger partial charge >= 0.3 is 0 Å². The molecule has 1 amide bonds. The lowest BCUT2D eigenvalue weighted by Crippen LogP contribution is -2.34. The molecule has 1 aromatic heterocycles. The molecule has 1 aromatic carbocycles. The lowest BCUT2D eigenvalue weighted by Gasteiger charge is -2.23. The highest BCUT2D eigenvalue weighted by atomic mass is 35.5. The van der Waals surface area contributed by atoms with Crippen LogP contribution in [0.15, 0.2) is 28.8 Å². The Kier molecular flexibility index (Phi) is 5.55. The van der Waals surface area contributed by atoms with Crippen LogP contribution in [0.2, 0.25) is 5.02 Å². The number of hydrogen-bond donors (Lipinski definition) is 0. The fourth-order valence-electron chi connectivity index (χ4n) is 1.98. The van der Waals surface area contributed by atoms with E-state index in [1.54, 1.807) is 17.0 Å². The summed E-state index contributed by atoms with van der Waals surface area (Å²) >= 11 is 5.85. The second kappa shape index (κ2) is 7.40. The van der Waals surface area contributed by atoms with Gasteiger partial charge in [0.05, 0.1) is 0 Å². The first-order chi connectivity index (χ1) is 10.5. The van der Waals surface area contributed by atoms with Crippen molar-refractivity contribution in [1.29, 1.82) is 0 Å². The van der Waals surface area contributed by atoms with Crippen LogP contribution < -0.4 is 0 Å². The molecule has 0 bridgehead atoms. The van der Waals surface area contributed by atoms with Gasteiger partial charge in [-0.25, -0.2) is 0 Å². The number of benzene rings is 1. The number of amides is 1. The third-order valence-corrected chi connectivity index (χ3v) is 4.02. The van der Waals surface area contributed by atoms with Crippen molar-refractivity contribution in [3.63, 3.8) is 0 Å². The Morgan fingerprint density at radius 1 is 1.36 bits per heavy atom. The lowest BCUT2D eigenvalue weighted by molar-refractivity contribution is -0.131. The molecule has 1 heterocycles. The van der Waals surface area contributed by atoms with E-state index in [1.807, 2.05) is 26.1 Å². The third-order valence-electron chi connectivity index (χ3n) is 3.77. The van der Waals surface area contributed by atoms with Crippen LogP contribution in [-0.4, -0.2) is 34.0 Å². The second-order valence-corrected chi connectivity index (χ2v) is 5.72. The summed E-state index contributed by atoms with van der Waals surface area (Å²) in [6.07, 6.45) is 1.74. The van der Waals surface area contributed by atoms with Crippen molar-refractivity contribution in [2.24, 2.45) is 0 Å². The Balaban J connectivity index is 1.95. The average molecular weight is 322 g/mol. The molecule has 0 N–H and O–H groups in total. The number of nitrogens with zero attached hydrogens (tertiary/aromatic N) is 3. The highest BCUT2D eigenvalue weighted by Crippen LogP contribution is 2.19. The first-order valence-corrected chi connectivity index (χ1v) is 7.73. The maximum Gasteiger partial charge on any atom is 0.227 e. The Hall–Kier alpha value is -1.88. The number of aryl methyl sites for hydroxylation is 1. The van der Waals surface area contributed by atoms with Crippen LogP contribution >= 0.6 is 11.6 Å². The lowest BCUT2D eigenvalue weighted by atomic mass is 10.2. The largest absolute Gasteiger partial charge is 0.343 e. The van der Waals surface area contributed by atoms with Gasteiger partial charge < -0.3 is 9.42 Å². The van der Waals surface area contributed by atoms with Gasteiger partial charge in [0.15, 0.2) is 0 Å². The number of carbonyl (C=O) groups excluding carboxylic acids is 1. The SMILES string of the molecule is CCC(C)N(C)C(=O)CCc1nc(-c2ccc(Cl)cc2)no1. The van der Waals surface area contributed by atoms with E-state index in [2.05, 4.69) is 17.1 Å². The van der Waals surface area contributed by atoms with E-state index in [0.29, 0.717) is 29.6 Å². The summed E-state index contributed by atoms with van der Waals surface area (Å²) in [5.41, 5.74) is 0.836. The Bertz CT molecular complexity index is 625. The molecule has 5 nitrogen and oxygen atoms in total. The zero-order valence-electron chi connectivity index (χ0n) is 13.0. The van der Waals surface area contributed by atoms with Crippen molar-refractivity contribution in [1.82, 2.24) is 15.0 Å². The summed E-state index contributed by atoms with van der Waals surface area (Å²) in [6, 6.07) is 7.45. The molecule has 0 aliphatic carbocycles. The normalized spacial score (nSPS) is 12.2. The standard InChI is InChI=1S/C16H20ClN3O2/c1-4-11(2)20(3)15(21)10-9-14-18-16(19-22-14)12-5-7-13(17)8-6-12/h5-8,11H,4,9-10H2,1-3H3. The summed E-state index contributed by atoms with van der Waals surface area (Å²) in [5, 5.41) is 4.59. The van der Waals surface area contributed by atoms with Crippen molar-refractivity contribution in [3.05, 3.63) is 35.2 Å². The molecule has 1 unspecified atom stereocenters. The van der Waals surface area contributed by atoms with E-state index in [1.165, 1.54) is 0 Å². The molecule has 22 heavy (non-hydrogen) atoms. The van der Waals surface area contributed by atoms with Crippen LogP contribution in [0.1, 0.15) is 32.6 Å². The van der Waals surface area contributed by atoms with E-state index in [4.69, 9.17) is 16.1 Å². The molecule has 0 fully saturated rings. The van der Waals surface area contributed by atoms with E-state index in [0.717, 1.165) is 12.0 Å². The summed E-state index contributed by atoms with van der Waals surface area (Å²) in [6.45, 7) is 4.09. The fourth-order valence-corrected chi connectivity index (χ4v) is 2.11. The molecule has 0 radical (unpaired) electrons. The van der Waals surface area contributed by atoms with E-state index in [-0.39, 0.29) is 11.9 Å². The Morgan fingerprint density at radius 2 is 2.05 bits per heavy atom. The van der Waals surface area contributed by atoms with Gasteiger partial charge in [-0.3, -0.25) is 4.79 Å². The summed E-state index contributed by atoms with van der Waals surface area (Å²) in [5.74, 6) is 1.06. The minimum Gasteiger partial charge on any atom is -0.343 e. The van der Waals surface area contributed by atoms with Gasteiger partial charge in [0.25, 0.3) is 0 Å². The van der Waals surface area contributed by atoms with Crippen LogP contribution in [0.5, 0.6) is 0 Å². The Morgan fingerprint density at radius 3 is 2.68 bits per heavy atom. The van der Waals surface area contributed by atoms with E-state index in [9.17, 15) is 4.79 Å². The van der Waals surface area contributed by atoms with E-state index < -0.39 is 0 Å². The molecule has 0 aliphatic heterocycles. The zero-order chi connectivity index (χ0) is 16.1. The van der Waals surface area contributed by atoms with Gasteiger partial charge in [-0.15, -0.1) is 0 Å². The number of carbonyl (C=O) groups is 1. The smallest absolute Gasteiger partial charge is 0.227 e. The summed E-state index contributed by atoms with van der Waals surface area (Å²) < 4.78 is 5.20. The quantitative estimate of drug-likeness (QED) is 0.816. The molecule has 2 aromatic rings. The maximum atomic E-state index is 12.1. The molecular formula is C16H20ClN3O2. The Labute approximate surface area is 135 Å². The van der Waals surface area contributed by atoms with Crippen molar-refractivity contribution in [3.8, 4) is 11.4 Å². The molecular weight excluding hydrogens is 302 g/mol. The zero-order valence-corrected chi connectivity index (χ0v) is 13.8. The summed E-state index contributed by atoms with van der Waals surface area (Å²) in [4.78, 5) is 18.1. The van der Waals surface area contributed by atoms with Crippen LogP contribution in [0.25, 0.3) is 11.4 Å². The molecule has 0 aliphatic rings. The monoisotopic (exact) mass is 321 g/mol. The summed E-state index contributed by atoms with van der Waals surface area (Å²) in [7, 11) is 1.82. The van der Waals surface area contributed by atoms with Gasteiger partial charge in [-0.1, -0.05) is 23.7 Å². The third kappa shape index (κ3) is 4.07. The number of rotatable bonds is 6. The van der Waals surface area contributed by atoms with Crippen molar-refractivity contribution in [2.45, 2.75) is 39.2 Å². The van der Waals surface area contributed by atoms with Crippen molar-refractivity contribution in [2.75, 3.05) is 7.05 Å². The highest BCUT2D eigenvalue weighted by Gasteiger charge is 2.16. The van der Waals surface area contributed by atoms with Crippen molar-refractivity contribution < 1.29 is 9.32 Å². The van der Waals surface area contributed by atoms with Crippen LogP contribution in [0, 0.1) is 0 Å². The number of hydrogen-bond acceptors (Lipinski definition) is 4. The topological polar surface area (TPSA) is 59.2 Å². The minimum absolute atomic E-state index is 0.0839. The van der Waals surface area contributed by atoms with Crippen LogP contribution in [-0.2, 0) is 11.2 Å². The number of aromatic nitrogens is 2. The van der Waals surface area contributed by atoms with Crippen LogP contribution in [0.3, 0.4) is 0 Å². The first-order valence-electron chi connectivity index (χ1n) is 7.35. The van der Waals surface area contributed by atoms with Crippen LogP contribution in [0.4, 0.5) is 0 Å². The first kappa shape index (κ1) is 16.5. The molecule has 6 heteroatoms. The van der Waals surface area contributed by atoms with Gasteiger partial charge in [0.2, 0.25) is 17.6 Å². The average Bonchev–Trinajstić information content (AvgIpc) is 3.00. The van der Waals surface area contributed by atoms with Gasteiger partial charge in [-0.05, 0) is 37.6 Å². The molecule has 1 atom stereocenters. The highest BCUT2D eigenvalue weighted by molar-refractivity contribution is 6.30. The predicted octanol–water partition coefficient (Wildman–Crippen LogP) is 3.58. The second-order valence-electron chi connectivity index (χ2n) is 5.28. The van der Waals surface area contributed by atoms with Gasteiger partial charge in [-0.2, -0.15) is 4.98 Å². The fraction of sp³-hybridized carbons (Fsp3) is 0.438. The molecule has 2 rings (SSSR count). The van der Waals surface area contributed by atoms with Crippen molar-refractivity contribution >= 4 is 17.5 Å². The molecule has 0 saturated carbocycles. The maximum absolute atomic E-state index is 12.1. The minimum atomic E-state index is 0.0839. The predicted molar refractivity (Wildman–Crippen MR) is 85.6 cm³/mol.